The first kappa shape index (κ1) is 6.95. The van der Waals surface area contributed by atoms with Crippen molar-refractivity contribution in [3.8, 4) is 11.5 Å². The summed E-state index contributed by atoms with van der Waals surface area (Å²) >= 11 is 0. The van der Waals surface area contributed by atoms with E-state index in [2.05, 4.69) is 0 Å². The average Bonchev–Trinajstić information content (AvgIpc) is 1.95. The highest BCUT2D eigenvalue weighted by molar-refractivity contribution is 6.00. The molecule has 0 aliphatic heterocycles. The number of nitrogens with two attached hydrogens (primary N) is 1. The van der Waals surface area contributed by atoms with Crippen LogP contribution >= 0.6 is 0 Å². The van der Waals surface area contributed by atoms with Crippen LogP contribution in [0.5, 0.6) is 11.5 Å². The zero-order valence-electron chi connectivity index (χ0n) is 5.66. The van der Waals surface area contributed by atoms with Crippen LogP contribution in [-0.4, -0.2) is 15.6 Å². The first-order valence-electron chi connectivity index (χ1n) is 2.87. The summed E-state index contributed by atoms with van der Waals surface area (Å²) in [6.45, 7) is 0. The predicted molar refractivity (Wildman–Crippen MR) is 43.1 cm³/mol. The Kier molecular flexibility index (Phi) is 1.82. The number of para-hydroxylation sites is 1. The number of hydrogen-bond donors (Lipinski definition) is 2. The van der Waals surface area contributed by atoms with E-state index in [4.69, 9.17) is 15.3 Å². The summed E-state index contributed by atoms with van der Waals surface area (Å²) in [5.74, 6) is 0.639. The molecule has 0 spiro atoms. The zero-order valence-corrected chi connectivity index (χ0v) is 7.66. The summed E-state index contributed by atoms with van der Waals surface area (Å²) in [7, 11) is 0.582. The Balaban J connectivity index is 3.14. The minimum absolute atomic E-state index is 0.0772. The topological polar surface area (TPSA) is 55.5 Å². The molecule has 54 valence electrons. The minimum Gasteiger partial charge on any atom is -0.552 e. The van der Waals surface area contributed by atoms with Crippen molar-refractivity contribution in [3.63, 3.8) is 0 Å². The lowest BCUT2D eigenvalue weighted by atomic mass is 10.3. The lowest BCUT2D eigenvalue weighted by Crippen LogP contribution is -1.92. The molecule has 3 N–H and O–H groups in total. The first-order chi connectivity index (χ1) is 4.75. The third-order valence-electron chi connectivity index (χ3n) is 1.26. The van der Waals surface area contributed by atoms with E-state index < -0.39 is 0 Å². The normalized spacial score (nSPS) is 9.60. The van der Waals surface area contributed by atoms with Crippen LogP contribution in [0, 0.1) is 0 Å². The Hall–Kier alpha value is -1.16. The Morgan fingerprint density at radius 1 is 1.50 bits per heavy atom. The molecule has 1 aromatic carbocycles. The van der Waals surface area contributed by atoms with Gasteiger partial charge < -0.3 is 15.3 Å². The summed E-state index contributed by atoms with van der Waals surface area (Å²) in [5.41, 5.74) is 5.76. The highest BCUT2D eigenvalue weighted by Gasteiger charge is 2.00. The molecule has 0 atom stereocenters. The van der Waals surface area contributed by atoms with Gasteiger partial charge in [-0.1, -0.05) is 6.07 Å². The smallest absolute Gasteiger partial charge is 0.204 e. The average molecular weight is 155 g/mol. The van der Waals surface area contributed by atoms with Crippen molar-refractivity contribution >= 4 is 16.2 Å². The maximum Gasteiger partial charge on any atom is 0.204 e. The summed E-state index contributed by atoms with van der Waals surface area (Å²) in [6, 6.07) is 4.94. The number of phenols is 1. The van der Waals surface area contributed by atoms with Crippen LogP contribution in [0.15, 0.2) is 18.2 Å². The number of rotatable bonds is 1. The summed E-state index contributed by atoms with van der Waals surface area (Å²) < 4.78 is 4.98. The number of benzene rings is 1. The highest BCUT2D eigenvalue weighted by atomic mass is 28.2. The van der Waals surface area contributed by atoms with Gasteiger partial charge in [-0.25, -0.2) is 0 Å². The third kappa shape index (κ3) is 1.06. The molecule has 0 unspecified atom stereocenters. The Bertz CT molecular complexity index is 239. The Labute approximate surface area is 62.0 Å². The third-order valence-corrected chi connectivity index (χ3v) is 1.70. The van der Waals surface area contributed by atoms with E-state index in [-0.39, 0.29) is 5.75 Å². The van der Waals surface area contributed by atoms with Crippen molar-refractivity contribution < 1.29 is 9.53 Å². The molecule has 4 heteroatoms. The Morgan fingerprint density at radius 2 is 2.20 bits per heavy atom. The van der Waals surface area contributed by atoms with Gasteiger partial charge >= 0.3 is 0 Å². The van der Waals surface area contributed by atoms with Crippen LogP contribution in [0.1, 0.15) is 0 Å². The van der Waals surface area contributed by atoms with Crippen molar-refractivity contribution in [3.05, 3.63) is 18.2 Å². The van der Waals surface area contributed by atoms with Gasteiger partial charge in [0.15, 0.2) is 0 Å². The van der Waals surface area contributed by atoms with Crippen molar-refractivity contribution in [2.24, 2.45) is 0 Å². The number of phenolic OH excluding ortho intramolecular Hbond substituents is 1. The molecule has 1 aromatic rings. The molecule has 0 aliphatic rings. The SMILES string of the molecule is Nc1c(O)cccc1O[SiH3]. The summed E-state index contributed by atoms with van der Waals surface area (Å²) in [4.78, 5) is 0. The van der Waals surface area contributed by atoms with E-state index in [1.807, 2.05) is 0 Å². The summed E-state index contributed by atoms with van der Waals surface area (Å²) in [6.07, 6.45) is 0. The van der Waals surface area contributed by atoms with Crippen molar-refractivity contribution in [2.75, 3.05) is 5.73 Å². The molecule has 0 saturated carbocycles. The van der Waals surface area contributed by atoms with Gasteiger partial charge in [-0.15, -0.1) is 0 Å². The molecular weight excluding hydrogens is 146 g/mol. The van der Waals surface area contributed by atoms with Crippen LogP contribution in [0.4, 0.5) is 5.69 Å². The molecule has 10 heavy (non-hydrogen) atoms. The molecule has 0 fully saturated rings. The molecule has 0 saturated heterocycles. The van der Waals surface area contributed by atoms with Gasteiger partial charge in [0.05, 0.1) is 0 Å². The molecular formula is C6H9NO2Si. The second-order valence-electron chi connectivity index (χ2n) is 1.89. The fourth-order valence-corrected chi connectivity index (χ4v) is 1.07. The molecule has 0 heterocycles. The molecule has 0 amide bonds. The van der Waals surface area contributed by atoms with E-state index >= 15 is 0 Å². The van der Waals surface area contributed by atoms with Crippen molar-refractivity contribution in [1.82, 2.24) is 0 Å². The Morgan fingerprint density at radius 3 is 2.70 bits per heavy atom. The quantitative estimate of drug-likeness (QED) is 0.330. The van der Waals surface area contributed by atoms with Gasteiger partial charge in [0.1, 0.15) is 17.2 Å². The van der Waals surface area contributed by atoms with Crippen LogP contribution in [0.3, 0.4) is 0 Å². The lowest BCUT2D eigenvalue weighted by Gasteiger charge is -2.04. The van der Waals surface area contributed by atoms with Crippen LogP contribution in [-0.2, 0) is 0 Å². The lowest BCUT2D eigenvalue weighted by molar-refractivity contribution is 0.475. The van der Waals surface area contributed by atoms with Crippen molar-refractivity contribution in [1.29, 1.82) is 0 Å². The fraction of sp³-hybridized carbons (Fsp3) is 0. The summed E-state index contributed by atoms with van der Waals surface area (Å²) in [5, 5.41) is 9.04. The van der Waals surface area contributed by atoms with E-state index in [1.54, 1.807) is 12.1 Å². The molecule has 0 aliphatic carbocycles. The van der Waals surface area contributed by atoms with Gasteiger partial charge in [-0.3, -0.25) is 0 Å². The van der Waals surface area contributed by atoms with E-state index in [0.29, 0.717) is 21.9 Å². The predicted octanol–water partition coefficient (Wildman–Crippen LogP) is -0.366. The first-order valence-corrected chi connectivity index (χ1v) is 3.69. The van der Waals surface area contributed by atoms with Gasteiger partial charge in [0.2, 0.25) is 10.5 Å². The number of nitrogen functional groups attached to an aromatic ring is 1. The van der Waals surface area contributed by atoms with Crippen molar-refractivity contribution in [2.45, 2.75) is 0 Å². The van der Waals surface area contributed by atoms with Gasteiger partial charge in [-0.2, -0.15) is 0 Å². The highest BCUT2D eigenvalue weighted by Crippen LogP contribution is 2.28. The van der Waals surface area contributed by atoms with Crippen LogP contribution < -0.4 is 10.2 Å². The largest absolute Gasteiger partial charge is 0.552 e. The number of anilines is 1. The maximum absolute atomic E-state index is 9.04. The molecule has 0 aromatic heterocycles. The molecule has 1 rings (SSSR count). The minimum atomic E-state index is 0.0772. The van der Waals surface area contributed by atoms with Crippen LogP contribution in [0.2, 0.25) is 0 Å². The van der Waals surface area contributed by atoms with E-state index in [9.17, 15) is 0 Å². The van der Waals surface area contributed by atoms with E-state index in [1.165, 1.54) is 6.07 Å². The second kappa shape index (κ2) is 2.61. The van der Waals surface area contributed by atoms with E-state index in [0.717, 1.165) is 0 Å². The van der Waals surface area contributed by atoms with Gasteiger partial charge in [0.25, 0.3) is 0 Å². The molecule has 3 nitrogen and oxygen atoms in total. The van der Waals surface area contributed by atoms with Gasteiger partial charge in [-0.05, 0) is 12.1 Å². The second-order valence-corrected chi connectivity index (χ2v) is 2.30. The molecule has 0 radical (unpaired) electrons. The molecule has 0 bridgehead atoms. The maximum atomic E-state index is 9.04. The number of hydrogen-bond acceptors (Lipinski definition) is 3. The standard InChI is InChI=1S/C6H9NO2Si/c7-6-4(8)2-1-3-5(6)9-10/h1-3,8H,7H2,10H3. The fourth-order valence-electron chi connectivity index (χ4n) is 0.710. The van der Waals surface area contributed by atoms with Gasteiger partial charge in [0, 0.05) is 0 Å². The van der Waals surface area contributed by atoms with Crippen LogP contribution in [0.25, 0.3) is 0 Å². The zero-order chi connectivity index (χ0) is 7.56. The number of aromatic hydroxyl groups is 1. The monoisotopic (exact) mass is 155 g/mol.